The van der Waals surface area contributed by atoms with Crippen molar-refractivity contribution in [3.63, 3.8) is 0 Å². The van der Waals surface area contributed by atoms with Crippen molar-refractivity contribution < 1.29 is 4.74 Å². The lowest BCUT2D eigenvalue weighted by Gasteiger charge is -2.12. The van der Waals surface area contributed by atoms with Crippen molar-refractivity contribution >= 4 is 15.9 Å². The molecule has 0 aromatic heterocycles. The highest BCUT2D eigenvalue weighted by molar-refractivity contribution is 9.08. The van der Waals surface area contributed by atoms with Crippen LogP contribution >= 0.6 is 15.9 Å². The quantitative estimate of drug-likeness (QED) is 0.739. The van der Waals surface area contributed by atoms with Gasteiger partial charge in [-0.3, -0.25) is 0 Å². The zero-order valence-electron chi connectivity index (χ0n) is 10.7. The Morgan fingerprint density at radius 1 is 1.00 bits per heavy atom. The fraction of sp³-hybridized carbons (Fsp3) is 0.250. The van der Waals surface area contributed by atoms with Crippen LogP contribution in [0.15, 0.2) is 42.5 Å². The largest absolute Gasteiger partial charge is 0.489 e. The van der Waals surface area contributed by atoms with Crippen LogP contribution in [-0.4, -0.2) is 0 Å². The number of hydrogen-bond acceptors (Lipinski definition) is 1. The molecule has 0 amide bonds. The van der Waals surface area contributed by atoms with Gasteiger partial charge in [-0.15, -0.1) is 0 Å². The fourth-order valence-corrected chi connectivity index (χ4v) is 2.32. The van der Waals surface area contributed by atoms with Crippen LogP contribution in [0.2, 0.25) is 0 Å². The number of aryl methyl sites for hydroxylation is 2. The van der Waals surface area contributed by atoms with E-state index >= 15 is 0 Å². The van der Waals surface area contributed by atoms with Crippen LogP contribution in [0.5, 0.6) is 5.75 Å². The lowest BCUT2D eigenvalue weighted by atomic mass is 10.1. The van der Waals surface area contributed by atoms with Gasteiger partial charge in [0, 0.05) is 10.9 Å². The number of halogens is 1. The van der Waals surface area contributed by atoms with Gasteiger partial charge >= 0.3 is 0 Å². The molecule has 0 aliphatic heterocycles. The summed E-state index contributed by atoms with van der Waals surface area (Å²) in [7, 11) is 0. The summed E-state index contributed by atoms with van der Waals surface area (Å²) in [5, 5.41) is 0.817. The lowest BCUT2D eigenvalue weighted by molar-refractivity contribution is 0.303. The third-order valence-electron chi connectivity index (χ3n) is 3.00. The van der Waals surface area contributed by atoms with Gasteiger partial charge in [-0.2, -0.15) is 0 Å². The molecule has 0 N–H and O–H groups in total. The Hall–Kier alpha value is -1.28. The minimum absolute atomic E-state index is 0.621. The number of ether oxygens (including phenoxy) is 1. The maximum atomic E-state index is 5.92. The molecule has 18 heavy (non-hydrogen) atoms. The molecule has 0 heterocycles. The zero-order valence-corrected chi connectivity index (χ0v) is 12.3. The SMILES string of the molecule is Cc1ccc(OCc2ccccc2C)c(CBr)c1. The summed E-state index contributed by atoms with van der Waals surface area (Å²) in [6, 6.07) is 14.6. The van der Waals surface area contributed by atoms with E-state index in [-0.39, 0.29) is 0 Å². The molecule has 0 aliphatic rings. The Labute approximate surface area is 117 Å². The first kappa shape index (κ1) is 13.2. The van der Waals surface area contributed by atoms with E-state index in [1.54, 1.807) is 0 Å². The normalized spacial score (nSPS) is 10.4. The third kappa shape index (κ3) is 3.14. The van der Waals surface area contributed by atoms with Crippen LogP contribution in [0.4, 0.5) is 0 Å². The van der Waals surface area contributed by atoms with Gasteiger partial charge in [0.1, 0.15) is 12.4 Å². The molecule has 0 fully saturated rings. The maximum absolute atomic E-state index is 5.92. The Bertz CT molecular complexity index is 534. The van der Waals surface area contributed by atoms with Gasteiger partial charge in [0.05, 0.1) is 0 Å². The predicted octanol–water partition coefficient (Wildman–Crippen LogP) is 4.78. The summed E-state index contributed by atoms with van der Waals surface area (Å²) in [6.07, 6.45) is 0. The number of rotatable bonds is 4. The molecular formula is C16H17BrO. The van der Waals surface area contributed by atoms with Crippen LogP contribution < -0.4 is 4.74 Å². The van der Waals surface area contributed by atoms with E-state index in [0.29, 0.717) is 6.61 Å². The molecule has 2 aromatic carbocycles. The van der Waals surface area contributed by atoms with Crippen LogP contribution in [-0.2, 0) is 11.9 Å². The van der Waals surface area contributed by atoms with E-state index in [0.717, 1.165) is 11.1 Å². The molecular weight excluding hydrogens is 288 g/mol. The molecule has 2 aromatic rings. The molecule has 0 radical (unpaired) electrons. The van der Waals surface area contributed by atoms with Gasteiger partial charge in [-0.05, 0) is 31.0 Å². The van der Waals surface area contributed by atoms with Crippen LogP contribution in [0.25, 0.3) is 0 Å². The Balaban J connectivity index is 2.13. The summed E-state index contributed by atoms with van der Waals surface area (Å²) in [4.78, 5) is 0. The van der Waals surface area contributed by atoms with Crippen molar-refractivity contribution in [2.45, 2.75) is 25.8 Å². The first-order valence-corrected chi connectivity index (χ1v) is 7.15. The minimum Gasteiger partial charge on any atom is -0.489 e. The van der Waals surface area contributed by atoms with E-state index in [1.807, 2.05) is 12.1 Å². The number of hydrogen-bond donors (Lipinski definition) is 0. The van der Waals surface area contributed by atoms with E-state index in [9.17, 15) is 0 Å². The van der Waals surface area contributed by atoms with Gasteiger partial charge in [0.25, 0.3) is 0 Å². The Morgan fingerprint density at radius 3 is 2.50 bits per heavy atom. The summed E-state index contributed by atoms with van der Waals surface area (Å²) in [5.74, 6) is 0.959. The smallest absolute Gasteiger partial charge is 0.123 e. The third-order valence-corrected chi connectivity index (χ3v) is 3.61. The lowest BCUT2D eigenvalue weighted by Crippen LogP contribution is -1.99. The van der Waals surface area contributed by atoms with Gasteiger partial charge in [0.15, 0.2) is 0 Å². The molecule has 94 valence electrons. The van der Waals surface area contributed by atoms with Gasteiger partial charge in [0.2, 0.25) is 0 Å². The highest BCUT2D eigenvalue weighted by atomic mass is 79.9. The van der Waals surface area contributed by atoms with E-state index in [1.165, 1.54) is 22.3 Å². The minimum atomic E-state index is 0.621. The Morgan fingerprint density at radius 2 is 1.78 bits per heavy atom. The van der Waals surface area contributed by atoms with Crippen molar-refractivity contribution in [2.75, 3.05) is 0 Å². The zero-order chi connectivity index (χ0) is 13.0. The van der Waals surface area contributed by atoms with Crippen molar-refractivity contribution in [2.24, 2.45) is 0 Å². The highest BCUT2D eigenvalue weighted by Gasteiger charge is 2.04. The summed E-state index contributed by atoms with van der Waals surface area (Å²) < 4.78 is 5.92. The molecule has 0 saturated heterocycles. The van der Waals surface area contributed by atoms with Crippen molar-refractivity contribution in [3.05, 3.63) is 64.7 Å². The average molecular weight is 305 g/mol. The second-order valence-electron chi connectivity index (χ2n) is 4.46. The maximum Gasteiger partial charge on any atom is 0.123 e. The first-order valence-electron chi connectivity index (χ1n) is 6.03. The average Bonchev–Trinajstić information content (AvgIpc) is 2.39. The van der Waals surface area contributed by atoms with E-state index in [2.05, 4.69) is 60.1 Å². The first-order chi connectivity index (χ1) is 8.70. The molecule has 0 aliphatic carbocycles. The fourth-order valence-electron chi connectivity index (χ4n) is 1.88. The van der Waals surface area contributed by atoms with E-state index < -0.39 is 0 Å². The highest BCUT2D eigenvalue weighted by Crippen LogP contribution is 2.23. The Kier molecular flexibility index (Phi) is 4.43. The van der Waals surface area contributed by atoms with Crippen LogP contribution in [0.3, 0.4) is 0 Å². The van der Waals surface area contributed by atoms with Gasteiger partial charge in [-0.25, -0.2) is 0 Å². The van der Waals surface area contributed by atoms with Crippen molar-refractivity contribution in [1.29, 1.82) is 0 Å². The van der Waals surface area contributed by atoms with Crippen molar-refractivity contribution in [1.82, 2.24) is 0 Å². The second-order valence-corrected chi connectivity index (χ2v) is 5.02. The van der Waals surface area contributed by atoms with Gasteiger partial charge in [-0.1, -0.05) is 57.9 Å². The number of alkyl halides is 1. The summed E-state index contributed by atoms with van der Waals surface area (Å²) >= 11 is 3.50. The summed E-state index contributed by atoms with van der Waals surface area (Å²) in [5.41, 5.74) is 4.96. The monoisotopic (exact) mass is 304 g/mol. The second kappa shape index (κ2) is 6.05. The topological polar surface area (TPSA) is 9.23 Å². The predicted molar refractivity (Wildman–Crippen MR) is 79.3 cm³/mol. The molecule has 2 heteroatoms. The molecule has 0 atom stereocenters. The van der Waals surface area contributed by atoms with Crippen molar-refractivity contribution in [3.8, 4) is 5.75 Å². The van der Waals surface area contributed by atoms with Gasteiger partial charge < -0.3 is 4.74 Å². The molecule has 1 nitrogen and oxygen atoms in total. The molecule has 0 bridgehead atoms. The standard InChI is InChI=1S/C16H17BrO/c1-12-7-8-16(15(9-12)10-17)18-11-14-6-4-3-5-13(14)2/h3-9H,10-11H2,1-2H3. The molecule has 0 spiro atoms. The van der Waals surface area contributed by atoms with Crippen LogP contribution in [0.1, 0.15) is 22.3 Å². The molecule has 0 unspecified atom stereocenters. The van der Waals surface area contributed by atoms with E-state index in [4.69, 9.17) is 4.74 Å². The number of benzene rings is 2. The molecule has 2 rings (SSSR count). The molecule has 0 saturated carbocycles. The van der Waals surface area contributed by atoms with Crippen LogP contribution in [0, 0.1) is 13.8 Å². The summed E-state index contributed by atoms with van der Waals surface area (Å²) in [6.45, 7) is 4.83.